The first-order valence-electron chi connectivity index (χ1n) is 12.0. The van der Waals surface area contributed by atoms with Gasteiger partial charge in [-0.15, -0.1) is 5.10 Å². The van der Waals surface area contributed by atoms with Gasteiger partial charge in [0.2, 0.25) is 5.91 Å². The number of tetrazole rings is 1. The molecule has 7 rings (SSSR count). The molecule has 2 aliphatic heterocycles. The lowest BCUT2D eigenvalue weighted by Crippen LogP contribution is -2.39. The van der Waals surface area contributed by atoms with Crippen LogP contribution in [0.3, 0.4) is 0 Å². The Labute approximate surface area is 219 Å². The number of carbonyl (C=O) groups is 1. The number of amides is 1. The van der Waals surface area contributed by atoms with Crippen molar-refractivity contribution in [1.29, 1.82) is 0 Å². The average molecular weight is 533 g/mol. The third-order valence-electron chi connectivity index (χ3n) is 7.37. The van der Waals surface area contributed by atoms with E-state index in [0.717, 1.165) is 5.39 Å². The summed E-state index contributed by atoms with van der Waals surface area (Å²) in [5.41, 5.74) is 2.49. The highest BCUT2D eigenvalue weighted by Gasteiger charge is 2.42. The van der Waals surface area contributed by atoms with Crippen LogP contribution in [0.1, 0.15) is 36.7 Å². The Hall–Kier alpha value is -4.38. The molecule has 190 valence electrons. The minimum Gasteiger partial charge on any atom is -0.359 e. The van der Waals surface area contributed by atoms with Crippen molar-refractivity contribution in [3.05, 3.63) is 83.2 Å². The fraction of sp³-hybridized carbons (Fsp3) is 0.192. The first-order chi connectivity index (χ1) is 18.5. The Morgan fingerprint density at radius 3 is 2.82 bits per heavy atom. The molecule has 12 heteroatoms. The predicted octanol–water partition coefficient (Wildman–Crippen LogP) is 4.98. The molecule has 0 radical (unpaired) electrons. The van der Waals surface area contributed by atoms with Crippen LogP contribution in [0.15, 0.2) is 55.1 Å². The van der Waals surface area contributed by atoms with Gasteiger partial charge in [0.15, 0.2) is 11.6 Å². The smallest absolute Gasteiger partial charge is 0.247 e. The van der Waals surface area contributed by atoms with Crippen molar-refractivity contribution in [3.8, 4) is 16.9 Å². The highest BCUT2D eigenvalue weighted by Crippen LogP contribution is 2.44. The highest BCUT2D eigenvalue weighted by atomic mass is 35.5. The van der Waals surface area contributed by atoms with Crippen LogP contribution in [0.25, 0.3) is 33.4 Å². The summed E-state index contributed by atoms with van der Waals surface area (Å²) < 4.78 is 31.7. The van der Waals surface area contributed by atoms with Crippen LogP contribution in [0.5, 0.6) is 0 Å². The van der Waals surface area contributed by atoms with E-state index in [1.807, 2.05) is 12.1 Å². The molecule has 0 spiro atoms. The minimum atomic E-state index is -0.626. The maximum absolute atomic E-state index is 15.3. The molecular weight excluding hydrogens is 514 g/mol. The number of H-pyrrole nitrogens is 2. The number of benzene rings is 2. The van der Waals surface area contributed by atoms with Gasteiger partial charge in [-0.2, -0.15) is 4.68 Å². The summed E-state index contributed by atoms with van der Waals surface area (Å²) in [4.78, 5) is 25.9. The lowest BCUT2D eigenvalue weighted by molar-refractivity contribution is -0.129. The molecule has 9 nitrogen and oxygen atoms in total. The van der Waals surface area contributed by atoms with E-state index in [1.54, 1.807) is 29.4 Å². The van der Waals surface area contributed by atoms with Gasteiger partial charge >= 0.3 is 0 Å². The SMILES string of the molecule is O=C1C=C(c2c(-n3cnnn3)ccc(Cl)c2F)C[C@H]2CC[C@@H](c3ncc(-c4ccc5cc[nH]c5c4F)[nH]3)N12. The van der Waals surface area contributed by atoms with Crippen molar-refractivity contribution in [2.75, 3.05) is 0 Å². The Morgan fingerprint density at radius 1 is 1.08 bits per heavy atom. The highest BCUT2D eigenvalue weighted by molar-refractivity contribution is 6.31. The zero-order valence-corrected chi connectivity index (χ0v) is 20.5. The number of halogens is 3. The molecule has 0 saturated carbocycles. The van der Waals surface area contributed by atoms with Crippen LogP contribution in [0.4, 0.5) is 8.78 Å². The molecule has 2 aliphatic rings. The summed E-state index contributed by atoms with van der Waals surface area (Å²) in [5, 5.41) is 11.9. The third kappa shape index (κ3) is 3.46. The molecule has 0 unspecified atom stereocenters. The monoisotopic (exact) mass is 532 g/mol. The van der Waals surface area contributed by atoms with E-state index in [4.69, 9.17) is 11.6 Å². The molecule has 3 aromatic heterocycles. The van der Waals surface area contributed by atoms with E-state index in [-0.39, 0.29) is 34.4 Å². The van der Waals surface area contributed by atoms with Crippen LogP contribution in [0.2, 0.25) is 5.02 Å². The number of hydrogen-bond donors (Lipinski definition) is 2. The van der Waals surface area contributed by atoms with Crippen molar-refractivity contribution in [3.63, 3.8) is 0 Å². The zero-order chi connectivity index (χ0) is 26.0. The lowest BCUT2D eigenvalue weighted by atomic mass is 9.92. The molecule has 2 aromatic carbocycles. The number of nitrogens with one attached hydrogen (secondary N) is 2. The lowest BCUT2D eigenvalue weighted by Gasteiger charge is -2.33. The van der Waals surface area contributed by atoms with Crippen molar-refractivity contribution in [2.24, 2.45) is 0 Å². The fourth-order valence-corrected chi connectivity index (χ4v) is 5.80. The van der Waals surface area contributed by atoms with Crippen LogP contribution >= 0.6 is 11.6 Å². The number of carbonyl (C=O) groups excluding carboxylic acids is 1. The Balaban J connectivity index is 1.22. The second-order valence-electron chi connectivity index (χ2n) is 9.43. The zero-order valence-electron chi connectivity index (χ0n) is 19.7. The van der Waals surface area contributed by atoms with Crippen LogP contribution in [-0.2, 0) is 4.79 Å². The van der Waals surface area contributed by atoms with Gasteiger partial charge in [0.25, 0.3) is 0 Å². The molecule has 38 heavy (non-hydrogen) atoms. The molecule has 0 aliphatic carbocycles. The molecule has 1 amide bonds. The Morgan fingerprint density at radius 2 is 1.97 bits per heavy atom. The van der Waals surface area contributed by atoms with Gasteiger partial charge in [0.1, 0.15) is 12.2 Å². The summed E-state index contributed by atoms with van der Waals surface area (Å²) in [5.74, 6) is -0.659. The third-order valence-corrected chi connectivity index (χ3v) is 7.66. The van der Waals surface area contributed by atoms with E-state index in [2.05, 4.69) is 30.5 Å². The number of aromatic nitrogens is 7. The Bertz CT molecular complexity index is 1740. The Kier molecular flexibility index (Phi) is 5.15. The predicted molar refractivity (Wildman–Crippen MR) is 135 cm³/mol. The van der Waals surface area contributed by atoms with E-state index in [1.165, 1.54) is 23.2 Å². The second-order valence-corrected chi connectivity index (χ2v) is 9.83. The van der Waals surface area contributed by atoms with E-state index in [9.17, 15) is 4.79 Å². The van der Waals surface area contributed by atoms with Gasteiger partial charge in [-0.1, -0.05) is 17.7 Å². The first kappa shape index (κ1) is 22.8. The number of rotatable bonds is 4. The number of aromatic amines is 2. The summed E-state index contributed by atoms with van der Waals surface area (Å²) >= 11 is 6.11. The molecule has 0 bridgehead atoms. The number of fused-ring (bicyclic) bond motifs is 2. The standard InChI is InChI=1S/C26H19ClF2N8O/c27-17-4-6-19(36-12-32-34-35-36)22(24(17)29)14-9-15-2-5-20(37(15)21(38)10-14)26-31-11-18(33-26)16-3-1-13-7-8-30-25(13)23(16)28/h1,3-4,6-8,10-12,15,20,30H,2,5,9H2,(H,31,33)/t15-,20+/m1/s1. The molecule has 5 aromatic rings. The van der Waals surface area contributed by atoms with Gasteiger partial charge in [-0.3, -0.25) is 4.79 Å². The number of imidazole rings is 1. The average Bonchev–Trinajstić information content (AvgIpc) is 3.72. The first-order valence-corrected chi connectivity index (χ1v) is 12.4. The maximum atomic E-state index is 15.3. The van der Waals surface area contributed by atoms with Crippen LogP contribution in [-0.4, -0.2) is 52.0 Å². The number of nitrogens with zero attached hydrogens (tertiary/aromatic N) is 6. The molecule has 2 N–H and O–H groups in total. The van der Waals surface area contributed by atoms with Crippen molar-refractivity contribution < 1.29 is 13.6 Å². The molecule has 2 atom stereocenters. The van der Waals surface area contributed by atoms with Crippen LogP contribution < -0.4 is 0 Å². The van der Waals surface area contributed by atoms with Gasteiger partial charge < -0.3 is 14.9 Å². The minimum absolute atomic E-state index is 0.0511. The summed E-state index contributed by atoms with van der Waals surface area (Å²) in [6, 6.07) is 7.96. The van der Waals surface area contributed by atoms with Crippen molar-refractivity contribution >= 4 is 34.0 Å². The second kappa shape index (κ2) is 8.59. The molecule has 1 fully saturated rings. The maximum Gasteiger partial charge on any atom is 0.247 e. The quantitative estimate of drug-likeness (QED) is 0.339. The summed E-state index contributed by atoms with van der Waals surface area (Å²) in [7, 11) is 0. The van der Waals surface area contributed by atoms with E-state index >= 15 is 8.78 Å². The number of hydrogen-bond acceptors (Lipinski definition) is 5. The van der Waals surface area contributed by atoms with E-state index in [0.29, 0.717) is 53.1 Å². The van der Waals surface area contributed by atoms with Gasteiger partial charge in [-0.05, 0) is 59.5 Å². The van der Waals surface area contributed by atoms with Gasteiger partial charge in [-0.25, -0.2) is 13.8 Å². The molecular formula is C26H19ClF2N8O. The fourth-order valence-electron chi connectivity index (χ4n) is 5.65. The van der Waals surface area contributed by atoms with Gasteiger partial charge in [0, 0.05) is 34.8 Å². The van der Waals surface area contributed by atoms with Gasteiger partial charge in [0.05, 0.1) is 34.2 Å². The van der Waals surface area contributed by atoms with Crippen LogP contribution in [0, 0.1) is 11.6 Å². The van der Waals surface area contributed by atoms with Crippen molar-refractivity contribution in [2.45, 2.75) is 31.3 Å². The normalized spacial score (nSPS) is 19.3. The molecule has 1 saturated heterocycles. The van der Waals surface area contributed by atoms with Crippen molar-refractivity contribution in [1.82, 2.24) is 40.1 Å². The molecule has 5 heterocycles. The summed E-state index contributed by atoms with van der Waals surface area (Å²) in [6.45, 7) is 0. The topological polar surface area (TPSA) is 108 Å². The summed E-state index contributed by atoms with van der Waals surface area (Å²) in [6.07, 6.45) is 7.89. The largest absolute Gasteiger partial charge is 0.359 e. The van der Waals surface area contributed by atoms with E-state index < -0.39 is 5.82 Å².